The van der Waals surface area contributed by atoms with Gasteiger partial charge in [0.25, 0.3) is 0 Å². The number of rotatable bonds is 4. The van der Waals surface area contributed by atoms with E-state index < -0.39 is 0 Å². The Morgan fingerprint density at radius 2 is 2.06 bits per heavy atom. The highest BCUT2D eigenvalue weighted by Gasteiger charge is 2.16. The lowest BCUT2D eigenvalue weighted by molar-refractivity contribution is 0.461. The summed E-state index contributed by atoms with van der Waals surface area (Å²) in [5.74, 6) is 0.920. The Hall–Kier alpha value is -1.55. The zero-order valence-corrected chi connectivity index (χ0v) is 11.2. The average molecular weight is 266 g/mol. The fourth-order valence-corrected chi connectivity index (χ4v) is 2.20. The van der Waals surface area contributed by atoms with E-state index in [1.807, 2.05) is 12.1 Å². The van der Waals surface area contributed by atoms with E-state index in [9.17, 15) is 5.11 Å². The molecule has 2 aromatic rings. The number of benzene rings is 1. The van der Waals surface area contributed by atoms with Crippen molar-refractivity contribution in [1.82, 2.24) is 15.0 Å². The Kier molecular flexibility index (Phi) is 3.87. The molecule has 1 aromatic carbocycles. The number of hydrogen-bond donors (Lipinski definition) is 1. The van der Waals surface area contributed by atoms with Crippen molar-refractivity contribution in [3.8, 4) is 5.75 Å². The summed E-state index contributed by atoms with van der Waals surface area (Å²) in [7, 11) is 0. The maximum absolute atomic E-state index is 9.78. The molecule has 96 valence electrons. The van der Waals surface area contributed by atoms with Gasteiger partial charge in [0.15, 0.2) is 0 Å². The van der Waals surface area contributed by atoms with Gasteiger partial charge >= 0.3 is 0 Å². The summed E-state index contributed by atoms with van der Waals surface area (Å²) in [6.45, 7) is 4.66. The molecule has 0 saturated carbocycles. The van der Waals surface area contributed by atoms with Crippen LogP contribution in [0.2, 0.25) is 0 Å². The average Bonchev–Trinajstić information content (AvgIpc) is 2.75. The predicted molar refractivity (Wildman–Crippen MR) is 70.9 cm³/mol. The highest BCUT2D eigenvalue weighted by molar-refractivity contribution is 6.16. The third kappa shape index (κ3) is 2.48. The monoisotopic (exact) mass is 265 g/mol. The SMILES string of the molecule is CC(C)c1c(CCl)nnn1Cc1ccccc1O. The summed E-state index contributed by atoms with van der Waals surface area (Å²) < 4.78 is 1.80. The second kappa shape index (κ2) is 5.40. The van der Waals surface area contributed by atoms with E-state index in [2.05, 4.69) is 24.2 Å². The lowest BCUT2D eigenvalue weighted by atomic mass is 10.1. The van der Waals surface area contributed by atoms with Crippen LogP contribution in [0, 0.1) is 0 Å². The lowest BCUT2D eigenvalue weighted by Gasteiger charge is -2.11. The van der Waals surface area contributed by atoms with Crippen LogP contribution in [0.5, 0.6) is 5.75 Å². The van der Waals surface area contributed by atoms with Crippen molar-refractivity contribution in [2.24, 2.45) is 0 Å². The standard InChI is InChI=1S/C13H16ClN3O/c1-9(2)13-11(7-14)15-16-17(13)8-10-5-3-4-6-12(10)18/h3-6,9,18H,7-8H2,1-2H3. The normalized spacial score (nSPS) is 11.1. The summed E-state index contributed by atoms with van der Waals surface area (Å²) in [5, 5.41) is 18.0. The summed E-state index contributed by atoms with van der Waals surface area (Å²) in [6.07, 6.45) is 0. The van der Waals surface area contributed by atoms with Gasteiger partial charge in [-0.25, -0.2) is 4.68 Å². The van der Waals surface area contributed by atoms with Crippen LogP contribution < -0.4 is 0 Å². The molecular weight excluding hydrogens is 250 g/mol. The third-order valence-electron chi connectivity index (χ3n) is 2.83. The van der Waals surface area contributed by atoms with Crippen LogP contribution in [0.3, 0.4) is 0 Å². The number of para-hydroxylation sites is 1. The highest BCUT2D eigenvalue weighted by atomic mass is 35.5. The van der Waals surface area contributed by atoms with E-state index >= 15 is 0 Å². The van der Waals surface area contributed by atoms with E-state index in [1.165, 1.54) is 0 Å². The quantitative estimate of drug-likeness (QED) is 0.865. The number of hydrogen-bond acceptors (Lipinski definition) is 3. The molecule has 5 heteroatoms. The topological polar surface area (TPSA) is 50.9 Å². The molecule has 0 spiro atoms. The van der Waals surface area contributed by atoms with Crippen molar-refractivity contribution in [3.05, 3.63) is 41.2 Å². The van der Waals surface area contributed by atoms with Crippen LogP contribution >= 0.6 is 11.6 Å². The van der Waals surface area contributed by atoms with Crippen LogP contribution in [0.15, 0.2) is 24.3 Å². The van der Waals surface area contributed by atoms with Crippen molar-refractivity contribution in [3.63, 3.8) is 0 Å². The van der Waals surface area contributed by atoms with Crippen LogP contribution in [0.25, 0.3) is 0 Å². The molecule has 0 amide bonds. The molecule has 4 nitrogen and oxygen atoms in total. The van der Waals surface area contributed by atoms with E-state index in [-0.39, 0.29) is 5.75 Å². The van der Waals surface area contributed by atoms with Gasteiger partial charge in [0.1, 0.15) is 11.4 Å². The molecule has 1 N–H and O–H groups in total. The van der Waals surface area contributed by atoms with Crippen LogP contribution in [0.4, 0.5) is 0 Å². The molecule has 2 rings (SSSR count). The van der Waals surface area contributed by atoms with Crippen molar-refractivity contribution in [2.45, 2.75) is 32.2 Å². The smallest absolute Gasteiger partial charge is 0.120 e. The Morgan fingerprint density at radius 3 is 2.67 bits per heavy atom. The predicted octanol–water partition coefficient (Wildman–Crippen LogP) is 2.89. The van der Waals surface area contributed by atoms with Gasteiger partial charge in [0.2, 0.25) is 0 Å². The zero-order valence-electron chi connectivity index (χ0n) is 10.5. The van der Waals surface area contributed by atoms with Crippen molar-refractivity contribution >= 4 is 11.6 Å². The van der Waals surface area contributed by atoms with Crippen molar-refractivity contribution < 1.29 is 5.11 Å². The maximum Gasteiger partial charge on any atom is 0.120 e. The zero-order chi connectivity index (χ0) is 13.1. The fourth-order valence-electron chi connectivity index (χ4n) is 2.01. The first-order chi connectivity index (χ1) is 8.63. The second-order valence-electron chi connectivity index (χ2n) is 4.50. The minimum Gasteiger partial charge on any atom is -0.508 e. The first-order valence-corrected chi connectivity index (χ1v) is 6.42. The summed E-state index contributed by atoms with van der Waals surface area (Å²) >= 11 is 5.86. The molecule has 1 heterocycles. The largest absolute Gasteiger partial charge is 0.508 e. The minimum absolute atomic E-state index is 0.273. The molecule has 0 atom stereocenters. The first kappa shape index (κ1) is 12.9. The summed E-state index contributed by atoms with van der Waals surface area (Å²) in [5.41, 5.74) is 2.65. The molecule has 0 bridgehead atoms. The number of aromatic hydroxyl groups is 1. The van der Waals surface area contributed by atoms with Gasteiger partial charge in [-0.3, -0.25) is 0 Å². The second-order valence-corrected chi connectivity index (χ2v) is 4.76. The van der Waals surface area contributed by atoms with Crippen molar-refractivity contribution in [2.75, 3.05) is 0 Å². The van der Waals surface area contributed by atoms with Gasteiger partial charge < -0.3 is 5.11 Å². The molecule has 18 heavy (non-hydrogen) atoms. The highest BCUT2D eigenvalue weighted by Crippen LogP contribution is 2.22. The molecule has 0 saturated heterocycles. The van der Waals surface area contributed by atoms with Gasteiger partial charge in [0, 0.05) is 5.56 Å². The fraction of sp³-hybridized carbons (Fsp3) is 0.385. The van der Waals surface area contributed by atoms with E-state index in [0.29, 0.717) is 18.3 Å². The molecule has 0 fully saturated rings. The summed E-state index contributed by atoms with van der Waals surface area (Å²) in [6, 6.07) is 7.24. The minimum atomic E-state index is 0.273. The van der Waals surface area contributed by atoms with Crippen LogP contribution in [-0.4, -0.2) is 20.1 Å². The van der Waals surface area contributed by atoms with Crippen LogP contribution in [0.1, 0.15) is 36.7 Å². The maximum atomic E-state index is 9.78. The van der Waals surface area contributed by atoms with Gasteiger partial charge in [0.05, 0.1) is 18.1 Å². The van der Waals surface area contributed by atoms with Gasteiger partial charge in [-0.15, -0.1) is 16.7 Å². The van der Waals surface area contributed by atoms with Crippen molar-refractivity contribution in [1.29, 1.82) is 0 Å². The molecule has 0 aliphatic heterocycles. The lowest BCUT2D eigenvalue weighted by Crippen LogP contribution is -2.08. The van der Waals surface area contributed by atoms with E-state index in [4.69, 9.17) is 11.6 Å². The van der Waals surface area contributed by atoms with E-state index in [1.54, 1.807) is 16.8 Å². The van der Waals surface area contributed by atoms with Gasteiger partial charge in [-0.1, -0.05) is 37.3 Å². The molecule has 0 aliphatic rings. The molecule has 1 aromatic heterocycles. The Bertz CT molecular complexity index is 537. The van der Waals surface area contributed by atoms with Gasteiger partial charge in [-0.2, -0.15) is 0 Å². The Balaban J connectivity index is 2.35. The van der Waals surface area contributed by atoms with Crippen LogP contribution in [-0.2, 0) is 12.4 Å². The molecule has 0 radical (unpaired) electrons. The van der Waals surface area contributed by atoms with Gasteiger partial charge in [-0.05, 0) is 12.0 Å². The first-order valence-electron chi connectivity index (χ1n) is 5.88. The number of halogens is 1. The third-order valence-corrected chi connectivity index (χ3v) is 3.09. The summed E-state index contributed by atoms with van der Waals surface area (Å²) in [4.78, 5) is 0. The number of phenolic OH excluding ortho intramolecular Hbond substituents is 1. The number of nitrogens with zero attached hydrogens (tertiary/aromatic N) is 3. The number of phenols is 1. The molecular formula is C13H16ClN3O. The van der Waals surface area contributed by atoms with E-state index in [0.717, 1.165) is 17.0 Å². The Morgan fingerprint density at radius 1 is 1.33 bits per heavy atom. The number of aromatic nitrogens is 3. The molecule has 0 unspecified atom stereocenters. The molecule has 0 aliphatic carbocycles. The Labute approximate surface area is 111 Å². The number of alkyl halides is 1.